The molecule has 0 aliphatic carbocycles. The summed E-state index contributed by atoms with van der Waals surface area (Å²) in [5, 5.41) is 0. The summed E-state index contributed by atoms with van der Waals surface area (Å²) in [6, 6.07) is 40.0. The van der Waals surface area contributed by atoms with Crippen LogP contribution in [0.2, 0.25) is 0 Å². The minimum absolute atomic E-state index is 0.640. The molecule has 0 saturated carbocycles. The summed E-state index contributed by atoms with van der Waals surface area (Å²) in [6.07, 6.45) is 0. The third-order valence-electron chi connectivity index (χ3n) is 4.91. The van der Waals surface area contributed by atoms with E-state index in [9.17, 15) is 0 Å². The van der Waals surface area contributed by atoms with Gasteiger partial charge in [0.25, 0.3) is 0 Å². The Bertz CT molecular complexity index is 958. The zero-order valence-corrected chi connectivity index (χ0v) is 26.6. The van der Waals surface area contributed by atoms with Gasteiger partial charge in [-0.25, -0.2) is 0 Å². The van der Waals surface area contributed by atoms with Crippen molar-refractivity contribution in [2.24, 2.45) is 0 Å². The van der Waals surface area contributed by atoms with Gasteiger partial charge in [0.15, 0.2) is 0 Å². The van der Waals surface area contributed by atoms with Gasteiger partial charge in [-0.15, -0.1) is 0 Å². The first kappa shape index (κ1) is 37.3. The molecule has 0 radical (unpaired) electrons. The number of methoxy groups -OCH3 is 1. The number of ether oxygens (including phenoxy) is 1. The molecule has 0 atom stereocenters. The van der Waals surface area contributed by atoms with Crippen molar-refractivity contribution in [1.29, 1.82) is 0 Å². The first-order chi connectivity index (χ1) is 18.8. The fourth-order valence-corrected chi connectivity index (χ4v) is 4.42. The molecular weight excluding hydrogens is 480 g/mol. The molecule has 1 nitrogen and oxygen atoms in total. The van der Waals surface area contributed by atoms with E-state index in [1.165, 1.54) is 9.79 Å². The molecule has 0 unspecified atom stereocenters. The van der Waals surface area contributed by atoms with Gasteiger partial charge < -0.3 is 4.74 Å². The van der Waals surface area contributed by atoms with Crippen molar-refractivity contribution in [3.05, 3.63) is 132 Å². The third kappa shape index (κ3) is 10.9. The average molecular weight is 533 g/mol. The summed E-state index contributed by atoms with van der Waals surface area (Å²) < 4.78 is 6.25. The number of rotatable bonds is 6. The van der Waals surface area contributed by atoms with E-state index in [1.807, 2.05) is 87.4 Å². The van der Waals surface area contributed by atoms with Gasteiger partial charge in [-0.3, -0.25) is 0 Å². The maximum atomic E-state index is 6.25. The summed E-state index contributed by atoms with van der Waals surface area (Å²) in [5.41, 5.74) is 2.71. The zero-order valence-electron chi connectivity index (χ0n) is 25.8. The Hall–Kier alpha value is -2.81. The monoisotopic (exact) mass is 532 g/mol. The van der Waals surface area contributed by atoms with Crippen LogP contribution < -0.4 is 0 Å². The molecule has 0 heterocycles. The molecule has 4 aromatic carbocycles. The van der Waals surface area contributed by atoms with Gasteiger partial charge in [-0.1, -0.05) is 172 Å². The van der Waals surface area contributed by atoms with Crippen LogP contribution in [0.3, 0.4) is 0 Å². The van der Waals surface area contributed by atoms with Crippen LogP contribution in [0.1, 0.15) is 85.9 Å². The molecule has 4 aromatic rings. The molecule has 0 spiro atoms. The Balaban J connectivity index is 0. The molecule has 0 N–H and O–H groups in total. The standard InChI is InChI=1S/C26H22OS.5C2H6/c1-27-26(21-11-5-2-6-12-21,22-13-7-3-8-14-22)23-17-19-25(20-18-23)28-24-15-9-4-10-16-24;5*1-2/h2-20H,1H3;5*1-2H3. The van der Waals surface area contributed by atoms with Crippen molar-refractivity contribution in [1.82, 2.24) is 0 Å². The second kappa shape index (κ2) is 24.5. The fourth-order valence-electron chi connectivity index (χ4n) is 3.58. The zero-order chi connectivity index (χ0) is 29.2. The van der Waals surface area contributed by atoms with Crippen LogP contribution in [-0.4, -0.2) is 7.11 Å². The van der Waals surface area contributed by atoms with Crippen LogP contribution in [0.5, 0.6) is 0 Å². The van der Waals surface area contributed by atoms with E-state index in [0.29, 0.717) is 0 Å². The fraction of sp³-hybridized carbons (Fsp3) is 0.333. The van der Waals surface area contributed by atoms with Gasteiger partial charge in [-0.05, 0) is 41.0 Å². The topological polar surface area (TPSA) is 9.23 Å². The Labute approximate surface area is 239 Å². The Morgan fingerprint density at radius 3 is 1.03 bits per heavy atom. The maximum Gasteiger partial charge on any atom is 0.143 e. The summed E-state index contributed by atoms with van der Waals surface area (Å²) in [7, 11) is 1.78. The van der Waals surface area contributed by atoms with Gasteiger partial charge in [-0.2, -0.15) is 0 Å². The van der Waals surface area contributed by atoms with Crippen LogP contribution in [-0.2, 0) is 10.3 Å². The van der Waals surface area contributed by atoms with E-state index in [-0.39, 0.29) is 0 Å². The lowest BCUT2D eigenvalue weighted by atomic mass is 9.80. The molecule has 2 heteroatoms. The normalized spacial score (nSPS) is 9.13. The van der Waals surface area contributed by atoms with E-state index in [0.717, 1.165) is 16.7 Å². The molecular formula is C36H52OS. The van der Waals surface area contributed by atoms with E-state index in [2.05, 4.69) is 97.1 Å². The smallest absolute Gasteiger partial charge is 0.143 e. The van der Waals surface area contributed by atoms with Crippen molar-refractivity contribution in [2.75, 3.05) is 7.11 Å². The molecule has 0 saturated heterocycles. The highest BCUT2D eigenvalue weighted by Crippen LogP contribution is 2.40. The van der Waals surface area contributed by atoms with E-state index >= 15 is 0 Å². The van der Waals surface area contributed by atoms with Crippen LogP contribution in [0.25, 0.3) is 0 Å². The van der Waals surface area contributed by atoms with Crippen molar-refractivity contribution in [2.45, 2.75) is 84.6 Å². The van der Waals surface area contributed by atoms with Crippen LogP contribution in [0.15, 0.2) is 125 Å². The number of benzene rings is 4. The quantitative estimate of drug-likeness (QED) is 0.228. The van der Waals surface area contributed by atoms with Crippen molar-refractivity contribution in [3.8, 4) is 0 Å². The van der Waals surface area contributed by atoms with Crippen molar-refractivity contribution >= 4 is 11.8 Å². The maximum absolute atomic E-state index is 6.25. The molecule has 0 fully saturated rings. The van der Waals surface area contributed by atoms with E-state index in [4.69, 9.17) is 4.74 Å². The summed E-state index contributed by atoms with van der Waals surface area (Å²) in [6.45, 7) is 20.0. The van der Waals surface area contributed by atoms with Gasteiger partial charge in [0.05, 0.1) is 0 Å². The lowest BCUT2D eigenvalue weighted by Gasteiger charge is -2.34. The Morgan fingerprint density at radius 2 is 0.684 bits per heavy atom. The summed E-state index contributed by atoms with van der Waals surface area (Å²) in [4.78, 5) is 2.44. The highest BCUT2D eigenvalue weighted by atomic mass is 32.2. The number of hydrogen-bond donors (Lipinski definition) is 0. The van der Waals surface area contributed by atoms with Crippen molar-refractivity contribution < 1.29 is 4.74 Å². The Kier molecular flexibility index (Phi) is 24.1. The number of hydrogen-bond acceptors (Lipinski definition) is 2. The largest absolute Gasteiger partial charge is 0.364 e. The average Bonchev–Trinajstić information content (AvgIpc) is 3.05. The SMILES string of the molecule is CC.CC.CC.CC.CC.COC(c1ccccc1)(c1ccccc1)c1ccc(Sc2ccccc2)cc1. The molecule has 208 valence electrons. The van der Waals surface area contributed by atoms with Crippen LogP contribution in [0, 0.1) is 0 Å². The van der Waals surface area contributed by atoms with Gasteiger partial charge in [0.2, 0.25) is 0 Å². The molecule has 0 amide bonds. The minimum Gasteiger partial charge on any atom is -0.364 e. The first-order valence-corrected chi connectivity index (χ1v) is 15.1. The lowest BCUT2D eigenvalue weighted by Crippen LogP contribution is -2.31. The summed E-state index contributed by atoms with van der Waals surface area (Å²) in [5.74, 6) is 0. The van der Waals surface area contributed by atoms with E-state index < -0.39 is 5.60 Å². The van der Waals surface area contributed by atoms with Crippen LogP contribution >= 0.6 is 11.8 Å². The highest BCUT2D eigenvalue weighted by Gasteiger charge is 2.36. The minimum atomic E-state index is -0.640. The summed E-state index contributed by atoms with van der Waals surface area (Å²) >= 11 is 1.77. The van der Waals surface area contributed by atoms with Crippen LogP contribution in [0.4, 0.5) is 0 Å². The van der Waals surface area contributed by atoms with Gasteiger partial charge in [0, 0.05) is 16.9 Å². The van der Waals surface area contributed by atoms with Gasteiger partial charge >= 0.3 is 0 Å². The highest BCUT2D eigenvalue weighted by molar-refractivity contribution is 7.99. The molecule has 0 bridgehead atoms. The molecule has 0 aliphatic heterocycles. The lowest BCUT2D eigenvalue weighted by molar-refractivity contribution is 0.0585. The second-order valence-electron chi connectivity index (χ2n) is 6.56. The molecule has 0 aromatic heterocycles. The third-order valence-corrected chi connectivity index (χ3v) is 5.92. The predicted octanol–water partition coefficient (Wildman–Crippen LogP) is 11.9. The Morgan fingerprint density at radius 1 is 0.395 bits per heavy atom. The molecule has 38 heavy (non-hydrogen) atoms. The molecule has 0 aliphatic rings. The first-order valence-electron chi connectivity index (χ1n) is 14.3. The van der Waals surface area contributed by atoms with Gasteiger partial charge in [0.1, 0.15) is 5.60 Å². The van der Waals surface area contributed by atoms with E-state index in [1.54, 1.807) is 18.9 Å². The molecule has 4 rings (SSSR count). The van der Waals surface area contributed by atoms with Crippen molar-refractivity contribution in [3.63, 3.8) is 0 Å². The predicted molar refractivity (Wildman–Crippen MR) is 174 cm³/mol. The second-order valence-corrected chi connectivity index (χ2v) is 7.70.